The van der Waals surface area contributed by atoms with E-state index in [1.165, 1.54) is 7.11 Å². The number of benzene rings is 1. The molecule has 0 radical (unpaired) electrons. The van der Waals surface area contributed by atoms with E-state index < -0.39 is 0 Å². The van der Waals surface area contributed by atoms with Crippen LogP contribution >= 0.6 is 15.9 Å². The standard InChI is InChI=1S/C13H18BrNO3/c1-9(15)11-6-5-10(14)8-12(11)18-7-3-4-13(16)17-2/h5-6,8-9H,3-4,7,15H2,1-2H3/t9-/m0/s1. The van der Waals surface area contributed by atoms with Crippen LogP contribution in [0.4, 0.5) is 0 Å². The number of carbonyl (C=O) groups excluding carboxylic acids is 1. The van der Waals surface area contributed by atoms with Crippen LogP contribution in [0.15, 0.2) is 22.7 Å². The lowest BCUT2D eigenvalue weighted by Gasteiger charge is -2.14. The third-order valence-corrected chi connectivity index (χ3v) is 2.97. The highest BCUT2D eigenvalue weighted by molar-refractivity contribution is 9.10. The topological polar surface area (TPSA) is 61.5 Å². The van der Waals surface area contributed by atoms with Crippen molar-refractivity contribution in [2.75, 3.05) is 13.7 Å². The number of methoxy groups -OCH3 is 1. The minimum atomic E-state index is -0.222. The Bertz CT molecular complexity index is 407. The van der Waals surface area contributed by atoms with Gasteiger partial charge in [-0.15, -0.1) is 0 Å². The van der Waals surface area contributed by atoms with Gasteiger partial charge >= 0.3 is 5.97 Å². The summed E-state index contributed by atoms with van der Waals surface area (Å²) >= 11 is 3.39. The molecule has 0 fully saturated rings. The summed E-state index contributed by atoms with van der Waals surface area (Å²) in [6.07, 6.45) is 0.982. The molecule has 0 unspecified atom stereocenters. The summed E-state index contributed by atoms with van der Waals surface area (Å²) in [6.45, 7) is 2.37. The maximum Gasteiger partial charge on any atom is 0.305 e. The molecule has 0 amide bonds. The second-order valence-electron chi connectivity index (χ2n) is 4.00. The van der Waals surface area contributed by atoms with Gasteiger partial charge in [-0.1, -0.05) is 22.0 Å². The first-order valence-electron chi connectivity index (χ1n) is 5.79. The second-order valence-corrected chi connectivity index (χ2v) is 4.91. The average Bonchev–Trinajstić information content (AvgIpc) is 2.34. The van der Waals surface area contributed by atoms with E-state index in [0.29, 0.717) is 19.4 Å². The number of carbonyl (C=O) groups is 1. The van der Waals surface area contributed by atoms with Crippen LogP contribution in [0.5, 0.6) is 5.75 Å². The lowest BCUT2D eigenvalue weighted by atomic mass is 10.1. The van der Waals surface area contributed by atoms with Crippen molar-refractivity contribution in [3.63, 3.8) is 0 Å². The normalized spacial score (nSPS) is 12.0. The zero-order valence-electron chi connectivity index (χ0n) is 10.6. The van der Waals surface area contributed by atoms with E-state index in [1.54, 1.807) is 0 Å². The van der Waals surface area contributed by atoms with Gasteiger partial charge in [-0.2, -0.15) is 0 Å². The van der Waals surface area contributed by atoms with Gasteiger partial charge in [-0.05, 0) is 25.5 Å². The molecule has 1 aromatic rings. The fraction of sp³-hybridized carbons (Fsp3) is 0.462. The molecule has 0 bridgehead atoms. The van der Waals surface area contributed by atoms with Gasteiger partial charge in [0.05, 0.1) is 13.7 Å². The minimum absolute atomic E-state index is 0.0892. The highest BCUT2D eigenvalue weighted by Crippen LogP contribution is 2.27. The van der Waals surface area contributed by atoms with Gasteiger partial charge in [0, 0.05) is 22.5 Å². The molecule has 5 heteroatoms. The summed E-state index contributed by atoms with van der Waals surface area (Å²) in [5.74, 6) is 0.532. The van der Waals surface area contributed by atoms with E-state index >= 15 is 0 Å². The first kappa shape index (κ1) is 15.0. The first-order valence-corrected chi connectivity index (χ1v) is 6.58. The van der Waals surface area contributed by atoms with Crippen molar-refractivity contribution >= 4 is 21.9 Å². The number of ether oxygens (including phenoxy) is 2. The molecule has 1 aromatic carbocycles. The zero-order chi connectivity index (χ0) is 13.5. The van der Waals surface area contributed by atoms with E-state index in [4.69, 9.17) is 10.5 Å². The quantitative estimate of drug-likeness (QED) is 0.647. The van der Waals surface area contributed by atoms with Crippen LogP contribution in [-0.4, -0.2) is 19.7 Å². The Labute approximate surface area is 116 Å². The van der Waals surface area contributed by atoms with Crippen LogP contribution in [0, 0.1) is 0 Å². The van der Waals surface area contributed by atoms with Crippen LogP contribution < -0.4 is 10.5 Å². The largest absolute Gasteiger partial charge is 0.493 e. The lowest BCUT2D eigenvalue weighted by molar-refractivity contribution is -0.140. The summed E-state index contributed by atoms with van der Waals surface area (Å²) in [4.78, 5) is 10.9. The van der Waals surface area contributed by atoms with Gasteiger partial charge in [0.25, 0.3) is 0 Å². The van der Waals surface area contributed by atoms with E-state index in [0.717, 1.165) is 15.8 Å². The highest BCUT2D eigenvalue weighted by atomic mass is 79.9. The maximum atomic E-state index is 10.9. The average molecular weight is 316 g/mol. The van der Waals surface area contributed by atoms with Crippen LogP contribution in [0.1, 0.15) is 31.4 Å². The Balaban J connectivity index is 2.55. The number of nitrogens with two attached hydrogens (primary N) is 1. The lowest BCUT2D eigenvalue weighted by Crippen LogP contribution is -2.09. The van der Waals surface area contributed by atoms with Gasteiger partial charge < -0.3 is 15.2 Å². The Morgan fingerprint density at radius 3 is 2.83 bits per heavy atom. The molecule has 0 aliphatic rings. The SMILES string of the molecule is COC(=O)CCCOc1cc(Br)ccc1[C@H](C)N. The van der Waals surface area contributed by atoms with Gasteiger partial charge in [0.1, 0.15) is 5.75 Å². The van der Waals surface area contributed by atoms with Crippen molar-refractivity contribution in [2.45, 2.75) is 25.8 Å². The fourth-order valence-corrected chi connectivity index (χ4v) is 1.85. The highest BCUT2D eigenvalue weighted by Gasteiger charge is 2.09. The molecule has 1 rings (SSSR count). The molecular weight excluding hydrogens is 298 g/mol. The van der Waals surface area contributed by atoms with E-state index in [-0.39, 0.29) is 12.0 Å². The summed E-state index contributed by atoms with van der Waals surface area (Å²) in [7, 11) is 1.38. The number of esters is 1. The molecule has 100 valence electrons. The van der Waals surface area contributed by atoms with Crippen molar-refractivity contribution in [3.8, 4) is 5.75 Å². The molecule has 0 aliphatic heterocycles. The number of halogens is 1. The van der Waals surface area contributed by atoms with Crippen molar-refractivity contribution in [2.24, 2.45) is 5.73 Å². The summed E-state index contributed by atoms with van der Waals surface area (Å²) in [5.41, 5.74) is 6.82. The van der Waals surface area contributed by atoms with Gasteiger partial charge in [-0.3, -0.25) is 4.79 Å². The van der Waals surface area contributed by atoms with Crippen molar-refractivity contribution in [1.29, 1.82) is 0 Å². The van der Waals surface area contributed by atoms with Gasteiger partial charge in [0.2, 0.25) is 0 Å². The van der Waals surface area contributed by atoms with E-state index in [1.807, 2.05) is 25.1 Å². The molecule has 4 nitrogen and oxygen atoms in total. The molecule has 18 heavy (non-hydrogen) atoms. The van der Waals surface area contributed by atoms with Crippen molar-refractivity contribution in [1.82, 2.24) is 0 Å². The van der Waals surface area contributed by atoms with Crippen molar-refractivity contribution in [3.05, 3.63) is 28.2 Å². The Morgan fingerprint density at radius 1 is 1.50 bits per heavy atom. The molecule has 2 N–H and O–H groups in total. The van der Waals surface area contributed by atoms with Crippen LogP contribution in [0.2, 0.25) is 0 Å². The zero-order valence-corrected chi connectivity index (χ0v) is 12.2. The molecule has 1 atom stereocenters. The molecule has 0 spiro atoms. The molecule has 0 heterocycles. The first-order chi connectivity index (χ1) is 8.54. The van der Waals surface area contributed by atoms with Crippen LogP contribution in [-0.2, 0) is 9.53 Å². The molecular formula is C13H18BrNO3. The van der Waals surface area contributed by atoms with E-state index in [9.17, 15) is 4.79 Å². The third-order valence-electron chi connectivity index (χ3n) is 2.48. The third kappa shape index (κ3) is 4.66. The maximum absolute atomic E-state index is 10.9. The smallest absolute Gasteiger partial charge is 0.305 e. The van der Waals surface area contributed by atoms with Gasteiger partial charge in [-0.25, -0.2) is 0 Å². The Kier molecular flexibility index (Phi) is 6.15. The number of rotatable bonds is 6. The number of hydrogen-bond donors (Lipinski definition) is 1. The fourth-order valence-electron chi connectivity index (χ4n) is 1.51. The Morgan fingerprint density at radius 2 is 2.22 bits per heavy atom. The molecule has 0 saturated heterocycles. The van der Waals surface area contributed by atoms with E-state index in [2.05, 4.69) is 20.7 Å². The number of hydrogen-bond acceptors (Lipinski definition) is 4. The summed E-state index contributed by atoms with van der Waals surface area (Å²) in [5, 5.41) is 0. The minimum Gasteiger partial charge on any atom is -0.493 e. The molecule has 0 aliphatic carbocycles. The van der Waals surface area contributed by atoms with Crippen LogP contribution in [0.3, 0.4) is 0 Å². The van der Waals surface area contributed by atoms with Crippen LogP contribution in [0.25, 0.3) is 0 Å². The van der Waals surface area contributed by atoms with Gasteiger partial charge in [0.15, 0.2) is 0 Å². The summed E-state index contributed by atoms with van der Waals surface area (Å²) < 4.78 is 11.2. The van der Waals surface area contributed by atoms with Crippen molar-refractivity contribution < 1.29 is 14.3 Å². The monoisotopic (exact) mass is 315 g/mol. The molecule has 0 aromatic heterocycles. The predicted molar refractivity (Wildman–Crippen MR) is 73.5 cm³/mol. The molecule has 0 saturated carbocycles. The second kappa shape index (κ2) is 7.38. The summed E-state index contributed by atoms with van der Waals surface area (Å²) in [6, 6.07) is 5.66. The predicted octanol–water partition coefficient (Wildman–Crippen LogP) is 2.80. The Hall–Kier alpha value is -1.07.